The lowest BCUT2D eigenvalue weighted by Gasteiger charge is -2.32. The Hall–Kier alpha value is -0.700. The first kappa shape index (κ1) is 9.52. The van der Waals surface area contributed by atoms with Gasteiger partial charge < -0.3 is 10.2 Å². The molecule has 0 amide bonds. The van der Waals surface area contributed by atoms with E-state index in [9.17, 15) is 0 Å². The van der Waals surface area contributed by atoms with E-state index < -0.39 is 0 Å². The predicted molar refractivity (Wildman–Crippen MR) is 67.8 cm³/mol. The highest BCUT2D eigenvalue weighted by Crippen LogP contribution is 2.38. The molecular weight excluding hydrogens is 252 g/mol. The van der Waals surface area contributed by atoms with Gasteiger partial charge in [-0.15, -0.1) is 0 Å². The minimum atomic E-state index is 1.07. The van der Waals surface area contributed by atoms with Crippen molar-refractivity contribution in [2.75, 3.05) is 29.9 Å². The van der Waals surface area contributed by atoms with E-state index in [2.05, 4.69) is 38.3 Å². The molecule has 0 spiro atoms. The molecule has 1 N–H and O–H groups in total. The van der Waals surface area contributed by atoms with Crippen LogP contribution in [-0.4, -0.2) is 19.6 Å². The van der Waals surface area contributed by atoms with Gasteiger partial charge in [-0.25, -0.2) is 0 Å². The maximum atomic E-state index is 3.59. The zero-order chi connectivity index (χ0) is 10.3. The molecular formula is C12H15BrN2. The van der Waals surface area contributed by atoms with Crippen LogP contribution in [0.2, 0.25) is 0 Å². The van der Waals surface area contributed by atoms with Gasteiger partial charge in [0.05, 0.1) is 11.4 Å². The fourth-order valence-electron chi connectivity index (χ4n) is 2.63. The van der Waals surface area contributed by atoms with Crippen LogP contribution in [-0.2, 0) is 6.42 Å². The smallest absolute Gasteiger partial charge is 0.0635 e. The van der Waals surface area contributed by atoms with Crippen LogP contribution in [0.1, 0.15) is 18.4 Å². The molecule has 2 heterocycles. The van der Waals surface area contributed by atoms with Crippen LogP contribution in [0, 0.1) is 0 Å². The minimum absolute atomic E-state index is 1.07. The highest BCUT2D eigenvalue weighted by Gasteiger charge is 2.22. The van der Waals surface area contributed by atoms with Crippen LogP contribution in [0.3, 0.4) is 0 Å². The van der Waals surface area contributed by atoms with Gasteiger partial charge in [0.15, 0.2) is 0 Å². The molecule has 2 aliphatic rings. The van der Waals surface area contributed by atoms with Gasteiger partial charge in [-0.05, 0) is 37.0 Å². The second-order valence-corrected chi connectivity index (χ2v) is 5.25. The molecule has 0 fully saturated rings. The highest BCUT2D eigenvalue weighted by atomic mass is 79.9. The van der Waals surface area contributed by atoms with Gasteiger partial charge in [0.25, 0.3) is 0 Å². The quantitative estimate of drug-likeness (QED) is 0.777. The normalized spacial score (nSPS) is 19.1. The monoisotopic (exact) mass is 266 g/mol. The van der Waals surface area contributed by atoms with Crippen LogP contribution in [0.5, 0.6) is 0 Å². The number of halogens is 1. The van der Waals surface area contributed by atoms with Crippen LogP contribution < -0.4 is 10.2 Å². The van der Waals surface area contributed by atoms with Gasteiger partial charge in [0, 0.05) is 24.1 Å². The van der Waals surface area contributed by atoms with Crippen molar-refractivity contribution < 1.29 is 0 Å². The van der Waals surface area contributed by atoms with E-state index >= 15 is 0 Å². The maximum absolute atomic E-state index is 3.59. The van der Waals surface area contributed by atoms with E-state index in [0.717, 1.165) is 13.1 Å². The van der Waals surface area contributed by atoms with E-state index in [-0.39, 0.29) is 0 Å². The van der Waals surface area contributed by atoms with E-state index in [0.29, 0.717) is 0 Å². The summed E-state index contributed by atoms with van der Waals surface area (Å²) < 4.78 is 1.20. The molecule has 0 aromatic heterocycles. The predicted octanol–water partition coefficient (Wildman–Crippen LogP) is 3.02. The second-order valence-electron chi connectivity index (χ2n) is 4.33. The largest absolute Gasteiger partial charge is 0.382 e. The average molecular weight is 267 g/mol. The number of hydrogen-bond acceptors (Lipinski definition) is 2. The molecule has 80 valence electrons. The number of aryl methyl sites for hydroxylation is 1. The molecule has 2 aliphatic heterocycles. The summed E-state index contributed by atoms with van der Waals surface area (Å²) in [6, 6.07) is 4.49. The third-order valence-electron chi connectivity index (χ3n) is 3.29. The van der Waals surface area contributed by atoms with E-state index in [1.165, 1.54) is 47.2 Å². The molecule has 0 saturated carbocycles. The standard InChI is InChI=1S/C12H15BrN2/c13-10-7-9-3-1-2-5-15-6-4-14-11(8-10)12(9)15/h7-8,14H,1-6H2. The zero-order valence-corrected chi connectivity index (χ0v) is 10.3. The van der Waals surface area contributed by atoms with Crippen molar-refractivity contribution in [2.24, 2.45) is 0 Å². The summed E-state index contributed by atoms with van der Waals surface area (Å²) in [7, 11) is 0. The van der Waals surface area contributed by atoms with Gasteiger partial charge >= 0.3 is 0 Å². The third kappa shape index (κ3) is 1.63. The van der Waals surface area contributed by atoms with E-state index in [1.807, 2.05) is 0 Å². The number of benzene rings is 1. The van der Waals surface area contributed by atoms with Crippen molar-refractivity contribution >= 4 is 27.3 Å². The number of hydrogen-bond donors (Lipinski definition) is 1. The number of anilines is 2. The summed E-state index contributed by atoms with van der Waals surface area (Å²) in [6.07, 6.45) is 3.87. The second kappa shape index (κ2) is 3.71. The van der Waals surface area contributed by atoms with E-state index in [1.54, 1.807) is 0 Å². The molecule has 1 aromatic rings. The first-order chi connectivity index (χ1) is 7.34. The molecule has 2 nitrogen and oxygen atoms in total. The molecule has 15 heavy (non-hydrogen) atoms. The van der Waals surface area contributed by atoms with Crippen LogP contribution >= 0.6 is 15.9 Å². The summed E-state index contributed by atoms with van der Waals surface area (Å²) in [5.41, 5.74) is 4.28. The van der Waals surface area contributed by atoms with Crippen molar-refractivity contribution in [3.05, 3.63) is 22.2 Å². The molecule has 3 heteroatoms. The molecule has 1 aromatic carbocycles. The lowest BCUT2D eigenvalue weighted by molar-refractivity contribution is 0.714. The Bertz CT molecular complexity index is 389. The summed E-state index contributed by atoms with van der Waals surface area (Å²) in [5, 5.41) is 3.50. The summed E-state index contributed by atoms with van der Waals surface area (Å²) in [5.74, 6) is 0. The SMILES string of the molecule is Brc1cc2c3c(c1)NCCN3CCCC2. The van der Waals surface area contributed by atoms with Crippen molar-refractivity contribution in [2.45, 2.75) is 19.3 Å². The Balaban J connectivity index is 2.16. The molecule has 0 radical (unpaired) electrons. The van der Waals surface area contributed by atoms with Gasteiger partial charge in [0.1, 0.15) is 0 Å². The fraction of sp³-hybridized carbons (Fsp3) is 0.500. The van der Waals surface area contributed by atoms with Crippen LogP contribution in [0.25, 0.3) is 0 Å². The molecule has 0 aliphatic carbocycles. The minimum Gasteiger partial charge on any atom is -0.382 e. The summed E-state index contributed by atoms with van der Waals surface area (Å²) >= 11 is 3.59. The Labute approximate surface area is 98.8 Å². The Kier molecular flexibility index (Phi) is 2.35. The van der Waals surface area contributed by atoms with Crippen molar-refractivity contribution in [1.82, 2.24) is 0 Å². The first-order valence-electron chi connectivity index (χ1n) is 5.66. The van der Waals surface area contributed by atoms with Gasteiger partial charge in [-0.3, -0.25) is 0 Å². The topological polar surface area (TPSA) is 15.3 Å². The maximum Gasteiger partial charge on any atom is 0.0635 e. The lowest BCUT2D eigenvalue weighted by Crippen LogP contribution is -2.34. The Morgan fingerprint density at radius 1 is 1.20 bits per heavy atom. The zero-order valence-electron chi connectivity index (χ0n) is 8.72. The molecule has 0 bridgehead atoms. The number of nitrogens with zero attached hydrogens (tertiary/aromatic N) is 1. The number of nitrogens with one attached hydrogen (secondary N) is 1. The Morgan fingerprint density at radius 2 is 2.13 bits per heavy atom. The molecule has 0 unspecified atom stereocenters. The molecule has 0 atom stereocenters. The average Bonchev–Trinajstić information content (AvgIpc) is 2.42. The molecule has 0 saturated heterocycles. The molecule has 3 rings (SSSR count). The summed E-state index contributed by atoms with van der Waals surface area (Å²) in [4.78, 5) is 2.54. The van der Waals surface area contributed by atoms with Gasteiger partial charge in [-0.2, -0.15) is 0 Å². The number of rotatable bonds is 0. The first-order valence-corrected chi connectivity index (χ1v) is 6.45. The van der Waals surface area contributed by atoms with Crippen LogP contribution in [0.4, 0.5) is 11.4 Å². The third-order valence-corrected chi connectivity index (χ3v) is 3.75. The van der Waals surface area contributed by atoms with Crippen LogP contribution in [0.15, 0.2) is 16.6 Å². The summed E-state index contributed by atoms with van der Waals surface area (Å²) in [6.45, 7) is 3.45. The van der Waals surface area contributed by atoms with Crippen molar-refractivity contribution in [3.8, 4) is 0 Å². The van der Waals surface area contributed by atoms with Crippen molar-refractivity contribution in [1.29, 1.82) is 0 Å². The fourth-order valence-corrected chi connectivity index (χ4v) is 3.14. The van der Waals surface area contributed by atoms with Gasteiger partial charge in [-0.1, -0.05) is 15.9 Å². The highest BCUT2D eigenvalue weighted by molar-refractivity contribution is 9.10. The van der Waals surface area contributed by atoms with E-state index in [4.69, 9.17) is 0 Å². The van der Waals surface area contributed by atoms with Gasteiger partial charge in [0.2, 0.25) is 0 Å². The van der Waals surface area contributed by atoms with Crippen molar-refractivity contribution in [3.63, 3.8) is 0 Å². The Morgan fingerprint density at radius 3 is 3.07 bits per heavy atom. The lowest BCUT2D eigenvalue weighted by atomic mass is 10.1.